The van der Waals surface area contributed by atoms with E-state index in [0.717, 1.165) is 29.5 Å². The van der Waals surface area contributed by atoms with Crippen molar-refractivity contribution in [3.8, 4) is 17.2 Å². The molecule has 2 aromatic heterocycles. The summed E-state index contributed by atoms with van der Waals surface area (Å²) in [5.41, 5.74) is 7.18. The lowest BCUT2D eigenvalue weighted by molar-refractivity contribution is 0.124. The number of sulfonamides is 1. The molecule has 226 valence electrons. The van der Waals surface area contributed by atoms with Crippen LogP contribution in [-0.4, -0.2) is 48.9 Å². The third kappa shape index (κ3) is 6.28. The van der Waals surface area contributed by atoms with Crippen molar-refractivity contribution < 1.29 is 31.4 Å². The summed E-state index contributed by atoms with van der Waals surface area (Å²) < 4.78 is 76.5. The first-order valence-corrected chi connectivity index (χ1v) is 14.9. The molecule has 1 saturated carbocycles. The number of nitrogens with zero attached hydrogens (tertiary/aromatic N) is 5. The van der Waals surface area contributed by atoms with E-state index in [1.54, 1.807) is 24.3 Å². The van der Waals surface area contributed by atoms with Crippen LogP contribution in [0.4, 0.5) is 20.4 Å². The predicted octanol–water partition coefficient (Wildman–Crippen LogP) is 4.64. The molecular weight excluding hydrogens is 582 g/mol. The molecule has 2 N–H and O–H groups in total. The van der Waals surface area contributed by atoms with Crippen LogP contribution in [0.25, 0.3) is 0 Å². The van der Waals surface area contributed by atoms with Gasteiger partial charge in [0.15, 0.2) is 11.6 Å². The first-order valence-electron chi connectivity index (χ1n) is 13.4. The fourth-order valence-corrected chi connectivity index (χ4v) is 6.66. The molecule has 0 aliphatic heterocycles. The van der Waals surface area contributed by atoms with Gasteiger partial charge in [-0.15, -0.1) is 5.10 Å². The normalized spacial score (nSPS) is 16.8. The van der Waals surface area contributed by atoms with Gasteiger partial charge in [0.2, 0.25) is 0 Å². The quantitative estimate of drug-likeness (QED) is 0.269. The summed E-state index contributed by atoms with van der Waals surface area (Å²) in [4.78, 5) is 7.01. The number of anilines is 2. The molecule has 1 aliphatic rings. The first-order chi connectivity index (χ1) is 20.7. The molecule has 0 radical (unpaired) electrons. The van der Waals surface area contributed by atoms with E-state index in [0.29, 0.717) is 41.5 Å². The molecule has 2 atom stereocenters. The summed E-state index contributed by atoms with van der Waals surface area (Å²) in [6.07, 6.45) is 6.48. The van der Waals surface area contributed by atoms with Crippen molar-refractivity contribution in [2.45, 2.75) is 49.1 Å². The van der Waals surface area contributed by atoms with Gasteiger partial charge in [-0.25, -0.2) is 31.5 Å². The van der Waals surface area contributed by atoms with Gasteiger partial charge in [-0.2, -0.15) is 5.10 Å². The zero-order valence-corrected chi connectivity index (χ0v) is 24.3. The molecule has 0 amide bonds. The highest BCUT2D eigenvalue weighted by Crippen LogP contribution is 2.39. The molecule has 0 spiro atoms. The number of methoxy groups -OCH3 is 2. The van der Waals surface area contributed by atoms with Crippen LogP contribution in [0.3, 0.4) is 0 Å². The van der Waals surface area contributed by atoms with Crippen LogP contribution in [0, 0.1) is 11.6 Å². The van der Waals surface area contributed by atoms with E-state index in [1.165, 1.54) is 32.7 Å². The number of rotatable bonds is 10. The second-order valence-electron chi connectivity index (χ2n) is 9.89. The van der Waals surface area contributed by atoms with E-state index in [1.807, 2.05) is 0 Å². The van der Waals surface area contributed by atoms with Crippen LogP contribution in [0.5, 0.6) is 17.2 Å². The van der Waals surface area contributed by atoms with E-state index in [4.69, 9.17) is 19.9 Å². The molecule has 4 aromatic rings. The number of ether oxygens (including phenoxy) is 3. The highest BCUT2D eigenvalue weighted by Gasteiger charge is 2.34. The molecule has 1 fully saturated rings. The van der Waals surface area contributed by atoms with E-state index in [9.17, 15) is 8.42 Å². The SMILES string of the molecule is COc1ccc(CN(c2ccncn2)S(=O)(=O)c2cc(F)c(O[C@H]3CCCC[C@H]3c3ccnnc3N)cc2F)c(OC)c1. The lowest BCUT2D eigenvalue weighted by Gasteiger charge is -2.32. The van der Waals surface area contributed by atoms with Crippen molar-refractivity contribution in [1.82, 2.24) is 20.2 Å². The van der Waals surface area contributed by atoms with Crippen molar-refractivity contribution in [3.63, 3.8) is 0 Å². The molecule has 5 rings (SSSR count). The molecule has 14 heteroatoms. The van der Waals surface area contributed by atoms with Crippen LogP contribution >= 0.6 is 0 Å². The minimum Gasteiger partial charge on any atom is -0.497 e. The van der Waals surface area contributed by atoms with Crippen LogP contribution in [0.2, 0.25) is 0 Å². The zero-order valence-electron chi connectivity index (χ0n) is 23.5. The summed E-state index contributed by atoms with van der Waals surface area (Å²) in [7, 11) is -1.80. The molecule has 2 aromatic carbocycles. The van der Waals surface area contributed by atoms with E-state index in [2.05, 4.69) is 20.2 Å². The smallest absolute Gasteiger partial charge is 0.268 e. The Morgan fingerprint density at radius 3 is 2.51 bits per heavy atom. The fourth-order valence-electron chi connectivity index (χ4n) is 5.20. The monoisotopic (exact) mass is 612 g/mol. The summed E-state index contributed by atoms with van der Waals surface area (Å²) in [5.74, 6) is -1.83. The minimum absolute atomic E-state index is 0.0541. The van der Waals surface area contributed by atoms with Gasteiger partial charge in [0.25, 0.3) is 10.0 Å². The number of nitrogen functional groups attached to an aromatic ring is 1. The third-order valence-corrected chi connectivity index (χ3v) is 9.11. The average Bonchev–Trinajstić information content (AvgIpc) is 3.02. The lowest BCUT2D eigenvalue weighted by Crippen LogP contribution is -2.32. The Balaban J connectivity index is 1.49. The number of hydrogen-bond donors (Lipinski definition) is 1. The number of nitrogens with two attached hydrogens (primary N) is 1. The Morgan fingerprint density at radius 2 is 1.79 bits per heavy atom. The van der Waals surface area contributed by atoms with E-state index < -0.39 is 38.4 Å². The molecule has 1 aliphatic carbocycles. The minimum atomic E-state index is -4.70. The van der Waals surface area contributed by atoms with Gasteiger partial charge < -0.3 is 19.9 Å². The molecule has 0 saturated heterocycles. The van der Waals surface area contributed by atoms with Gasteiger partial charge in [-0.1, -0.05) is 6.42 Å². The molecule has 2 heterocycles. The zero-order chi connectivity index (χ0) is 30.6. The van der Waals surface area contributed by atoms with Crippen LogP contribution in [0.15, 0.2) is 66.1 Å². The van der Waals surface area contributed by atoms with Crippen molar-refractivity contribution >= 4 is 21.7 Å². The number of hydrogen-bond acceptors (Lipinski definition) is 10. The average molecular weight is 613 g/mol. The highest BCUT2D eigenvalue weighted by atomic mass is 32.2. The molecule has 11 nitrogen and oxygen atoms in total. The van der Waals surface area contributed by atoms with Gasteiger partial charge in [0, 0.05) is 47.5 Å². The Hall–Kier alpha value is -4.59. The summed E-state index contributed by atoms with van der Waals surface area (Å²) in [6, 6.07) is 9.29. The van der Waals surface area contributed by atoms with E-state index in [-0.39, 0.29) is 24.1 Å². The largest absolute Gasteiger partial charge is 0.497 e. The van der Waals surface area contributed by atoms with Crippen LogP contribution in [0.1, 0.15) is 42.7 Å². The molecule has 43 heavy (non-hydrogen) atoms. The van der Waals surface area contributed by atoms with Gasteiger partial charge in [-0.05, 0) is 37.5 Å². The molecule has 0 unspecified atom stereocenters. The number of benzene rings is 2. The number of halogens is 2. The Bertz CT molecular complexity index is 1700. The number of aromatic nitrogens is 4. The van der Waals surface area contributed by atoms with Gasteiger partial charge in [0.1, 0.15) is 46.3 Å². The molecule has 0 bridgehead atoms. The van der Waals surface area contributed by atoms with Crippen molar-refractivity contribution in [2.24, 2.45) is 0 Å². The predicted molar refractivity (Wildman–Crippen MR) is 153 cm³/mol. The standard InChI is InChI=1S/C29H30F2N6O5S/c1-40-19-8-7-18(25(13-19)41-2)16-37(28-10-11-33-17-34-28)43(38,39)27-15-22(30)26(14-23(27)31)42-24-6-4-3-5-20(24)21-9-12-35-36-29(21)32/h7-15,17,20,24H,3-6,16H2,1-2H3,(H2,32,36)/t20-,24-/m0/s1. The topological polar surface area (TPSA) is 143 Å². The van der Waals surface area contributed by atoms with Gasteiger partial charge in [-0.3, -0.25) is 0 Å². The van der Waals surface area contributed by atoms with Crippen molar-refractivity contribution in [2.75, 3.05) is 24.3 Å². The second kappa shape index (κ2) is 12.7. The van der Waals surface area contributed by atoms with Crippen LogP contribution < -0.4 is 24.2 Å². The van der Waals surface area contributed by atoms with Gasteiger partial charge in [0.05, 0.1) is 27.0 Å². The first kappa shape index (κ1) is 29.9. The van der Waals surface area contributed by atoms with Crippen molar-refractivity contribution in [3.05, 3.63) is 83.9 Å². The summed E-state index contributed by atoms with van der Waals surface area (Å²) in [5, 5.41) is 7.68. The Labute approximate surface area is 247 Å². The third-order valence-electron chi connectivity index (χ3n) is 7.35. The maximum absolute atomic E-state index is 15.7. The van der Waals surface area contributed by atoms with Crippen LogP contribution in [-0.2, 0) is 16.6 Å². The molecular formula is C29H30F2N6O5S. The maximum atomic E-state index is 15.7. The maximum Gasteiger partial charge on any atom is 0.268 e. The summed E-state index contributed by atoms with van der Waals surface area (Å²) in [6.45, 7) is -0.309. The van der Waals surface area contributed by atoms with E-state index >= 15 is 8.78 Å². The lowest BCUT2D eigenvalue weighted by atomic mass is 9.82. The Kier molecular flexibility index (Phi) is 8.85. The van der Waals surface area contributed by atoms with Crippen molar-refractivity contribution in [1.29, 1.82) is 0 Å². The second-order valence-corrected chi connectivity index (χ2v) is 11.7. The Morgan fingerprint density at radius 1 is 0.977 bits per heavy atom. The van der Waals surface area contributed by atoms with Gasteiger partial charge >= 0.3 is 0 Å². The summed E-state index contributed by atoms with van der Waals surface area (Å²) >= 11 is 0. The highest BCUT2D eigenvalue weighted by molar-refractivity contribution is 7.92. The fraction of sp³-hybridized carbons (Fsp3) is 0.310.